The summed E-state index contributed by atoms with van der Waals surface area (Å²) in [6, 6.07) is 3.68. The molecule has 0 aromatic heterocycles. The lowest BCUT2D eigenvalue weighted by Gasteiger charge is -2.44. The maximum absolute atomic E-state index is 13.1. The Kier molecular flexibility index (Phi) is 4.59. The molecule has 1 N–H and O–H groups in total. The molecule has 3 rings (SSSR count). The number of carboxylic acids is 1. The Morgan fingerprint density at radius 1 is 1.21 bits per heavy atom. The highest BCUT2D eigenvalue weighted by Gasteiger charge is 2.58. The summed E-state index contributed by atoms with van der Waals surface area (Å²) >= 11 is 11.8. The Morgan fingerprint density at radius 3 is 2.25 bits per heavy atom. The number of hydrogen-bond acceptors (Lipinski definition) is 4. The van der Waals surface area contributed by atoms with Gasteiger partial charge < -0.3 is 5.11 Å². The van der Waals surface area contributed by atoms with E-state index in [1.54, 1.807) is 0 Å². The van der Waals surface area contributed by atoms with Crippen molar-refractivity contribution in [2.45, 2.75) is 36.2 Å². The van der Waals surface area contributed by atoms with Crippen LogP contribution in [0.3, 0.4) is 0 Å². The molecule has 2 unspecified atom stereocenters. The monoisotopic (exact) mass is 392 g/mol. The van der Waals surface area contributed by atoms with Crippen LogP contribution in [0.25, 0.3) is 0 Å². The zero-order valence-electron chi connectivity index (χ0n) is 13.1. The lowest BCUT2D eigenvalue weighted by atomic mass is 9.91. The van der Waals surface area contributed by atoms with Crippen LogP contribution in [0.1, 0.15) is 19.8 Å². The molecule has 132 valence electrons. The molecule has 24 heavy (non-hydrogen) atoms. The van der Waals surface area contributed by atoms with Gasteiger partial charge in [0.2, 0.25) is 10.0 Å². The number of nitrogens with zero attached hydrogens (tertiary/aromatic N) is 2. The van der Waals surface area contributed by atoms with Crippen LogP contribution in [0, 0.1) is 0 Å². The van der Waals surface area contributed by atoms with Gasteiger partial charge in [-0.25, -0.2) is 8.42 Å². The van der Waals surface area contributed by atoms with Crippen molar-refractivity contribution >= 4 is 39.2 Å². The second kappa shape index (κ2) is 6.14. The molecule has 1 aromatic rings. The van der Waals surface area contributed by atoms with Gasteiger partial charge in [-0.1, -0.05) is 23.2 Å². The molecule has 2 saturated heterocycles. The van der Waals surface area contributed by atoms with Crippen molar-refractivity contribution in [3.05, 3.63) is 28.2 Å². The van der Waals surface area contributed by atoms with Crippen LogP contribution in [0.2, 0.25) is 10.0 Å². The van der Waals surface area contributed by atoms with Crippen LogP contribution >= 0.6 is 23.2 Å². The summed E-state index contributed by atoms with van der Waals surface area (Å²) in [4.78, 5) is 14.0. The van der Waals surface area contributed by atoms with E-state index in [-0.39, 0.29) is 27.5 Å². The molecule has 2 aliphatic heterocycles. The van der Waals surface area contributed by atoms with E-state index in [1.165, 1.54) is 25.1 Å². The lowest BCUT2D eigenvalue weighted by Crippen LogP contribution is -2.62. The van der Waals surface area contributed by atoms with Crippen LogP contribution in [-0.2, 0) is 14.8 Å². The summed E-state index contributed by atoms with van der Waals surface area (Å²) in [5, 5.41) is 10.2. The Balaban J connectivity index is 2.04. The van der Waals surface area contributed by atoms with Gasteiger partial charge in [0.1, 0.15) is 5.54 Å². The van der Waals surface area contributed by atoms with Gasteiger partial charge in [0.05, 0.1) is 4.90 Å². The van der Waals surface area contributed by atoms with Gasteiger partial charge in [0, 0.05) is 22.6 Å². The van der Waals surface area contributed by atoms with Gasteiger partial charge >= 0.3 is 5.97 Å². The fourth-order valence-corrected chi connectivity index (χ4v) is 6.04. The predicted molar refractivity (Wildman–Crippen MR) is 91.0 cm³/mol. The molecule has 0 aliphatic carbocycles. The largest absolute Gasteiger partial charge is 0.480 e. The third kappa shape index (κ3) is 2.72. The molecule has 0 spiro atoms. The van der Waals surface area contributed by atoms with Crippen molar-refractivity contribution in [1.29, 1.82) is 0 Å². The SMILES string of the molecule is CC1(C(=O)O)C(N2CCC2)CCN1S(=O)(=O)c1cc(Cl)cc(Cl)c1. The Morgan fingerprint density at radius 2 is 1.79 bits per heavy atom. The topological polar surface area (TPSA) is 77.9 Å². The number of hydrogen-bond donors (Lipinski definition) is 1. The van der Waals surface area contributed by atoms with Crippen LogP contribution in [0.4, 0.5) is 0 Å². The molecule has 0 radical (unpaired) electrons. The maximum atomic E-state index is 13.1. The van der Waals surface area contributed by atoms with E-state index in [9.17, 15) is 18.3 Å². The summed E-state index contributed by atoms with van der Waals surface area (Å²) < 4.78 is 27.2. The van der Waals surface area contributed by atoms with Gasteiger partial charge in [-0.15, -0.1) is 0 Å². The molecular formula is C15H18Cl2N2O4S. The Labute approximate surface area is 151 Å². The van der Waals surface area contributed by atoms with Gasteiger partial charge in [0.15, 0.2) is 0 Å². The first-order valence-corrected chi connectivity index (χ1v) is 9.83. The van der Waals surface area contributed by atoms with E-state index in [1.807, 2.05) is 4.90 Å². The van der Waals surface area contributed by atoms with Crippen molar-refractivity contribution < 1.29 is 18.3 Å². The maximum Gasteiger partial charge on any atom is 0.326 e. The fourth-order valence-electron chi connectivity index (χ4n) is 3.53. The fraction of sp³-hybridized carbons (Fsp3) is 0.533. The third-order valence-corrected chi connectivity index (χ3v) is 7.37. The summed E-state index contributed by atoms with van der Waals surface area (Å²) in [7, 11) is -4.03. The van der Waals surface area contributed by atoms with E-state index >= 15 is 0 Å². The number of sulfonamides is 1. The molecule has 2 fully saturated rings. The summed E-state index contributed by atoms with van der Waals surface area (Å²) in [6.45, 7) is 3.22. The molecule has 0 amide bonds. The molecular weight excluding hydrogens is 375 g/mol. The smallest absolute Gasteiger partial charge is 0.326 e. The minimum absolute atomic E-state index is 0.0864. The molecule has 0 bridgehead atoms. The molecule has 2 aliphatic rings. The first kappa shape index (κ1) is 17.9. The zero-order chi connectivity index (χ0) is 17.7. The molecule has 1 aromatic carbocycles. The third-order valence-electron chi connectivity index (χ3n) is 4.96. The molecule has 9 heteroatoms. The predicted octanol–water partition coefficient (Wildman–Crippen LogP) is 2.31. The van der Waals surface area contributed by atoms with E-state index in [0.29, 0.717) is 6.42 Å². The van der Waals surface area contributed by atoms with E-state index in [2.05, 4.69) is 0 Å². The van der Waals surface area contributed by atoms with Crippen molar-refractivity contribution in [2.24, 2.45) is 0 Å². The van der Waals surface area contributed by atoms with Crippen LogP contribution in [-0.4, -0.2) is 59.9 Å². The highest BCUT2D eigenvalue weighted by atomic mass is 35.5. The minimum atomic E-state index is -4.03. The minimum Gasteiger partial charge on any atom is -0.480 e. The number of benzene rings is 1. The summed E-state index contributed by atoms with van der Waals surface area (Å²) in [6.07, 6.45) is 1.49. The second-order valence-corrected chi connectivity index (χ2v) is 9.06. The number of carbonyl (C=O) groups is 1. The molecule has 0 saturated carbocycles. The van der Waals surface area contributed by atoms with Crippen molar-refractivity contribution in [1.82, 2.24) is 9.21 Å². The van der Waals surface area contributed by atoms with Crippen LogP contribution in [0.5, 0.6) is 0 Å². The number of aliphatic carboxylic acids is 1. The number of halogens is 2. The number of likely N-dealkylation sites (tertiary alicyclic amines) is 1. The first-order chi connectivity index (χ1) is 11.2. The Hall–Kier alpha value is -0.860. The molecule has 2 heterocycles. The zero-order valence-corrected chi connectivity index (χ0v) is 15.4. The first-order valence-electron chi connectivity index (χ1n) is 7.64. The average Bonchev–Trinajstić information content (AvgIpc) is 2.76. The summed E-state index contributed by atoms with van der Waals surface area (Å²) in [5.74, 6) is -1.14. The highest BCUT2D eigenvalue weighted by molar-refractivity contribution is 7.89. The van der Waals surface area contributed by atoms with Crippen LogP contribution < -0.4 is 0 Å². The standard InChI is InChI=1S/C15H18Cl2N2O4S/c1-15(14(20)21)13(18-4-2-5-18)3-6-19(15)24(22,23)12-8-10(16)7-11(17)9-12/h7-9,13H,2-6H2,1H3,(H,20,21). The van der Waals surface area contributed by atoms with Crippen molar-refractivity contribution in [3.63, 3.8) is 0 Å². The number of rotatable bonds is 4. The van der Waals surface area contributed by atoms with Crippen LogP contribution in [0.15, 0.2) is 23.1 Å². The van der Waals surface area contributed by atoms with Gasteiger partial charge in [-0.2, -0.15) is 4.31 Å². The number of carboxylic acid groups (broad SMARTS) is 1. The Bertz CT molecular complexity index is 761. The normalized spacial score (nSPS) is 28.7. The quantitative estimate of drug-likeness (QED) is 0.850. The van der Waals surface area contributed by atoms with E-state index in [4.69, 9.17) is 23.2 Å². The van der Waals surface area contributed by atoms with Crippen molar-refractivity contribution in [2.75, 3.05) is 19.6 Å². The summed E-state index contributed by atoms with van der Waals surface area (Å²) in [5.41, 5.74) is -1.52. The lowest BCUT2D eigenvalue weighted by molar-refractivity contribution is -0.149. The van der Waals surface area contributed by atoms with Gasteiger partial charge in [-0.05, 0) is 51.1 Å². The average molecular weight is 393 g/mol. The molecule has 2 atom stereocenters. The van der Waals surface area contributed by atoms with Gasteiger partial charge in [-0.3, -0.25) is 9.69 Å². The van der Waals surface area contributed by atoms with E-state index in [0.717, 1.165) is 23.8 Å². The highest BCUT2D eigenvalue weighted by Crippen LogP contribution is 2.40. The van der Waals surface area contributed by atoms with E-state index < -0.39 is 21.5 Å². The molecule has 6 nitrogen and oxygen atoms in total. The van der Waals surface area contributed by atoms with Crippen molar-refractivity contribution in [3.8, 4) is 0 Å². The van der Waals surface area contributed by atoms with Gasteiger partial charge in [0.25, 0.3) is 0 Å². The second-order valence-electron chi connectivity index (χ2n) is 6.33.